The molecule has 0 amide bonds. The molecule has 0 radical (unpaired) electrons. The molecule has 2 aromatic rings. The number of hydrogen-bond acceptors (Lipinski definition) is 2. The molecule has 0 aliphatic carbocycles. The molecule has 0 saturated heterocycles. The molecule has 2 N–H and O–H groups in total. The largest absolute Gasteiger partial charge is 0.507 e. The first-order valence-electron chi connectivity index (χ1n) is 5.50. The fourth-order valence-electron chi connectivity index (χ4n) is 2.18. The van der Waals surface area contributed by atoms with Crippen LogP contribution in [0.3, 0.4) is 0 Å². The molecule has 0 fully saturated rings. The van der Waals surface area contributed by atoms with Crippen molar-refractivity contribution in [1.29, 1.82) is 0 Å². The van der Waals surface area contributed by atoms with Gasteiger partial charge >= 0.3 is 0 Å². The maximum absolute atomic E-state index is 9.79. The van der Waals surface area contributed by atoms with Gasteiger partial charge in [0.05, 0.1) is 0 Å². The minimum atomic E-state index is 0.334. The number of anilines is 1. The van der Waals surface area contributed by atoms with Crippen molar-refractivity contribution >= 4 is 5.69 Å². The molecule has 2 nitrogen and oxygen atoms in total. The van der Waals surface area contributed by atoms with Crippen LogP contribution in [-0.4, -0.2) is 11.7 Å². The summed E-state index contributed by atoms with van der Waals surface area (Å²) in [4.78, 5) is 0. The number of fused-ring (bicyclic) bond motifs is 1. The van der Waals surface area contributed by atoms with E-state index in [0.717, 1.165) is 24.1 Å². The van der Waals surface area contributed by atoms with Gasteiger partial charge in [0, 0.05) is 17.8 Å². The van der Waals surface area contributed by atoms with Crippen molar-refractivity contribution in [1.82, 2.24) is 0 Å². The Morgan fingerprint density at radius 1 is 1.06 bits per heavy atom. The van der Waals surface area contributed by atoms with Crippen LogP contribution in [-0.2, 0) is 6.42 Å². The average Bonchev–Trinajstić information content (AvgIpc) is 2.76. The fraction of sp³-hybridized carbons (Fsp3) is 0.143. The van der Waals surface area contributed by atoms with Gasteiger partial charge in [0.15, 0.2) is 0 Å². The third kappa shape index (κ3) is 1.43. The van der Waals surface area contributed by atoms with Crippen LogP contribution in [0.2, 0.25) is 0 Å². The second-order valence-electron chi connectivity index (χ2n) is 4.07. The lowest BCUT2D eigenvalue weighted by Crippen LogP contribution is -1.91. The molecule has 3 rings (SSSR count). The van der Waals surface area contributed by atoms with Gasteiger partial charge in [0.1, 0.15) is 5.75 Å². The summed E-state index contributed by atoms with van der Waals surface area (Å²) in [6.07, 6.45) is 1.09. The molecule has 2 heteroatoms. The van der Waals surface area contributed by atoms with Crippen LogP contribution in [0.5, 0.6) is 5.75 Å². The van der Waals surface area contributed by atoms with Crippen molar-refractivity contribution in [3.05, 3.63) is 48.0 Å². The standard InChI is InChI=1S/C14H13NO/c16-14-4-2-1-3-12(14)11-6-5-10-7-8-15-13(10)9-11/h1-6,9,15-16H,7-8H2. The zero-order valence-corrected chi connectivity index (χ0v) is 8.90. The molecular formula is C14H13NO. The van der Waals surface area contributed by atoms with Gasteiger partial charge in [-0.05, 0) is 29.7 Å². The quantitative estimate of drug-likeness (QED) is 0.760. The van der Waals surface area contributed by atoms with E-state index in [9.17, 15) is 5.11 Å². The molecule has 0 saturated carbocycles. The Hall–Kier alpha value is -1.96. The number of rotatable bonds is 1. The predicted molar refractivity (Wildman–Crippen MR) is 65.7 cm³/mol. The molecule has 0 unspecified atom stereocenters. The van der Waals surface area contributed by atoms with Gasteiger partial charge in [-0.1, -0.05) is 30.3 Å². The van der Waals surface area contributed by atoms with E-state index in [0.29, 0.717) is 5.75 Å². The normalized spacial score (nSPS) is 13.2. The van der Waals surface area contributed by atoms with Crippen LogP contribution in [0, 0.1) is 0 Å². The Bertz CT molecular complexity index is 534. The third-order valence-corrected chi connectivity index (χ3v) is 3.03. The number of aromatic hydroxyl groups is 1. The molecule has 80 valence electrons. The van der Waals surface area contributed by atoms with E-state index in [2.05, 4.69) is 23.5 Å². The molecule has 2 aromatic carbocycles. The lowest BCUT2D eigenvalue weighted by Gasteiger charge is -2.07. The summed E-state index contributed by atoms with van der Waals surface area (Å²) in [6, 6.07) is 13.7. The lowest BCUT2D eigenvalue weighted by molar-refractivity contribution is 0.477. The van der Waals surface area contributed by atoms with Crippen LogP contribution < -0.4 is 5.32 Å². The highest BCUT2D eigenvalue weighted by Gasteiger charge is 2.11. The molecule has 0 atom stereocenters. The van der Waals surface area contributed by atoms with Crippen molar-refractivity contribution in [2.24, 2.45) is 0 Å². The summed E-state index contributed by atoms with van der Waals surface area (Å²) >= 11 is 0. The summed E-state index contributed by atoms with van der Waals surface area (Å²) in [5, 5.41) is 13.1. The minimum Gasteiger partial charge on any atom is -0.507 e. The molecule has 16 heavy (non-hydrogen) atoms. The van der Waals surface area contributed by atoms with Gasteiger partial charge in [-0.2, -0.15) is 0 Å². The topological polar surface area (TPSA) is 32.3 Å². The SMILES string of the molecule is Oc1ccccc1-c1ccc2c(c1)NCC2. The summed E-state index contributed by atoms with van der Waals surface area (Å²) in [5.74, 6) is 0.334. The van der Waals surface area contributed by atoms with E-state index in [1.54, 1.807) is 6.07 Å². The van der Waals surface area contributed by atoms with Crippen LogP contribution in [0.25, 0.3) is 11.1 Å². The highest BCUT2D eigenvalue weighted by atomic mass is 16.3. The fourth-order valence-corrected chi connectivity index (χ4v) is 2.18. The highest BCUT2D eigenvalue weighted by molar-refractivity contribution is 5.75. The van der Waals surface area contributed by atoms with Gasteiger partial charge in [0.25, 0.3) is 0 Å². The number of phenolic OH excluding ortho intramolecular Hbond substituents is 1. The van der Waals surface area contributed by atoms with E-state index in [4.69, 9.17) is 0 Å². The zero-order valence-electron chi connectivity index (χ0n) is 8.90. The zero-order chi connectivity index (χ0) is 11.0. The first-order valence-corrected chi connectivity index (χ1v) is 5.50. The molecule has 0 spiro atoms. The van der Waals surface area contributed by atoms with Gasteiger partial charge in [-0.15, -0.1) is 0 Å². The summed E-state index contributed by atoms with van der Waals surface area (Å²) in [6.45, 7) is 1.01. The molecular weight excluding hydrogens is 198 g/mol. The van der Waals surface area contributed by atoms with Crippen molar-refractivity contribution < 1.29 is 5.11 Å². The predicted octanol–water partition coefficient (Wildman–Crippen LogP) is 3.03. The summed E-state index contributed by atoms with van der Waals surface area (Å²) in [5.41, 5.74) is 4.50. The minimum absolute atomic E-state index is 0.334. The second-order valence-corrected chi connectivity index (χ2v) is 4.07. The Balaban J connectivity index is 2.11. The number of hydrogen-bond donors (Lipinski definition) is 2. The Kier molecular flexibility index (Phi) is 2.07. The lowest BCUT2D eigenvalue weighted by atomic mass is 10.0. The first-order chi connectivity index (χ1) is 7.84. The summed E-state index contributed by atoms with van der Waals surface area (Å²) in [7, 11) is 0. The van der Waals surface area contributed by atoms with E-state index < -0.39 is 0 Å². The van der Waals surface area contributed by atoms with Crippen molar-refractivity contribution in [3.8, 4) is 16.9 Å². The van der Waals surface area contributed by atoms with Gasteiger partial charge in [0.2, 0.25) is 0 Å². The van der Waals surface area contributed by atoms with Crippen LogP contribution in [0.4, 0.5) is 5.69 Å². The maximum Gasteiger partial charge on any atom is 0.123 e. The maximum atomic E-state index is 9.79. The summed E-state index contributed by atoms with van der Waals surface area (Å²) < 4.78 is 0. The molecule has 1 heterocycles. The van der Waals surface area contributed by atoms with Gasteiger partial charge in [-0.25, -0.2) is 0 Å². The van der Waals surface area contributed by atoms with E-state index in [1.807, 2.05) is 18.2 Å². The number of para-hydroxylation sites is 1. The first kappa shape index (κ1) is 9.28. The number of phenols is 1. The van der Waals surface area contributed by atoms with E-state index >= 15 is 0 Å². The Labute approximate surface area is 94.6 Å². The van der Waals surface area contributed by atoms with Crippen LogP contribution >= 0.6 is 0 Å². The van der Waals surface area contributed by atoms with Crippen LogP contribution in [0.15, 0.2) is 42.5 Å². The number of nitrogens with one attached hydrogen (secondary N) is 1. The van der Waals surface area contributed by atoms with Gasteiger partial charge < -0.3 is 10.4 Å². The molecule has 0 bridgehead atoms. The monoisotopic (exact) mass is 211 g/mol. The van der Waals surface area contributed by atoms with E-state index in [-0.39, 0.29) is 0 Å². The average molecular weight is 211 g/mol. The highest BCUT2D eigenvalue weighted by Crippen LogP contribution is 2.33. The van der Waals surface area contributed by atoms with Crippen molar-refractivity contribution in [2.75, 3.05) is 11.9 Å². The van der Waals surface area contributed by atoms with Crippen LogP contribution in [0.1, 0.15) is 5.56 Å². The van der Waals surface area contributed by atoms with E-state index in [1.165, 1.54) is 11.3 Å². The molecule has 0 aromatic heterocycles. The van der Waals surface area contributed by atoms with Crippen molar-refractivity contribution in [3.63, 3.8) is 0 Å². The third-order valence-electron chi connectivity index (χ3n) is 3.03. The Morgan fingerprint density at radius 2 is 1.94 bits per heavy atom. The second kappa shape index (κ2) is 3.56. The molecule has 1 aliphatic rings. The smallest absolute Gasteiger partial charge is 0.123 e. The molecule has 1 aliphatic heterocycles. The Morgan fingerprint density at radius 3 is 2.81 bits per heavy atom. The number of benzene rings is 2. The van der Waals surface area contributed by atoms with Gasteiger partial charge in [-0.3, -0.25) is 0 Å². The van der Waals surface area contributed by atoms with Crippen molar-refractivity contribution in [2.45, 2.75) is 6.42 Å².